The summed E-state index contributed by atoms with van der Waals surface area (Å²) in [5.41, 5.74) is -6.42. The molecule has 1 fully saturated rings. The lowest BCUT2D eigenvalue weighted by Gasteiger charge is -2.46. The number of likely N-dealkylation sites (tertiary alicyclic amines) is 1. The van der Waals surface area contributed by atoms with Crippen molar-refractivity contribution < 1.29 is 41.1 Å². The van der Waals surface area contributed by atoms with Crippen LogP contribution in [0.5, 0.6) is 0 Å². The van der Waals surface area contributed by atoms with Gasteiger partial charge in [0.25, 0.3) is 5.60 Å². The highest BCUT2D eigenvalue weighted by molar-refractivity contribution is 6.42. The summed E-state index contributed by atoms with van der Waals surface area (Å²) in [6.45, 7) is 2.04. The highest BCUT2D eigenvalue weighted by Gasteiger charge is 2.63. The van der Waals surface area contributed by atoms with Crippen LogP contribution in [-0.4, -0.2) is 40.9 Å². The van der Waals surface area contributed by atoms with Gasteiger partial charge in [-0.3, -0.25) is 4.79 Å². The highest BCUT2D eigenvalue weighted by atomic mass is 35.5. The first-order valence-electron chi connectivity index (χ1n) is 11.1. The van der Waals surface area contributed by atoms with Gasteiger partial charge < -0.3 is 14.8 Å². The molecule has 0 aromatic heterocycles. The zero-order valence-corrected chi connectivity index (χ0v) is 20.7. The van der Waals surface area contributed by atoms with Gasteiger partial charge in [-0.15, -0.1) is 0 Å². The van der Waals surface area contributed by atoms with Crippen LogP contribution in [0.4, 0.5) is 26.3 Å². The first-order valence-corrected chi connectivity index (χ1v) is 11.9. The minimum absolute atomic E-state index is 0.0827. The van der Waals surface area contributed by atoms with Crippen molar-refractivity contribution in [3.63, 3.8) is 0 Å². The molecule has 1 amide bonds. The lowest BCUT2D eigenvalue weighted by Crippen LogP contribution is -2.61. The Labute approximate surface area is 217 Å². The SMILES string of the molecule is CCCC(=O)N1CC(O)(c2ccc(C3=NOC(c4cc(Cl)c(Cl)c(C(F)(F)F)c4)(C(F)(F)F)C3)cc2)C1. The topological polar surface area (TPSA) is 62.1 Å². The predicted octanol–water partition coefficient (Wildman–Crippen LogP) is 6.42. The van der Waals surface area contributed by atoms with Crippen LogP contribution in [-0.2, 0) is 27.0 Å². The molecule has 37 heavy (non-hydrogen) atoms. The third-order valence-corrected chi connectivity index (χ3v) is 7.26. The molecule has 0 spiro atoms. The number of oxime groups is 1. The van der Waals surface area contributed by atoms with Gasteiger partial charge in [-0.1, -0.05) is 59.5 Å². The highest BCUT2D eigenvalue weighted by Crippen LogP contribution is 2.51. The maximum absolute atomic E-state index is 14.3. The third-order valence-electron chi connectivity index (χ3n) is 6.46. The van der Waals surface area contributed by atoms with Crippen LogP contribution < -0.4 is 0 Å². The van der Waals surface area contributed by atoms with Gasteiger partial charge in [0, 0.05) is 18.4 Å². The van der Waals surface area contributed by atoms with E-state index < -0.39 is 51.1 Å². The Balaban J connectivity index is 1.59. The van der Waals surface area contributed by atoms with Gasteiger partial charge in [0.2, 0.25) is 5.91 Å². The molecule has 200 valence electrons. The van der Waals surface area contributed by atoms with Crippen LogP contribution >= 0.6 is 23.2 Å². The van der Waals surface area contributed by atoms with Gasteiger partial charge in [-0.05, 0) is 29.7 Å². The van der Waals surface area contributed by atoms with Gasteiger partial charge in [0.1, 0.15) is 5.60 Å². The van der Waals surface area contributed by atoms with Crippen LogP contribution in [0.3, 0.4) is 0 Å². The van der Waals surface area contributed by atoms with Crippen LogP contribution in [0.1, 0.15) is 48.4 Å². The number of hydrogen-bond donors (Lipinski definition) is 1. The summed E-state index contributed by atoms with van der Waals surface area (Å²) in [5, 5.41) is 12.7. The number of carbonyl (C=O) groups is 1. The molecule has 1 atom stereocenters. The Hall–Kier alpha value is -2.50. The Morgan fingerprint density at radius 2 is 1.70 bits per heavy atom. The second-order valence-corrected chi connectivity index (χ2v) is 9.84. The molecule has 1 N–H and O–H groups in total. The minimum Gasteiger partial charge on any atom is -0.381 e. The molecule has 2 aliphatic heterocycles. The van der Waals surface area contributed by atoms with Gasteiger partial charge >= 0.3 is 12.4 Å². The summed E-state index contributed by atoms with van der Waals surface area (Å²) in [5.74, 6) is -0.0827. The van der Waals surface area contributed by atoms with E-state index in [2.05, 4.69) is 5.16 Å². The number of halogens is 8. The first-order chi connectivity index (χ1) is 17.1. The molecule has 0 bridgehead atoms. The maximum atomic E-state index is 14.3. The number of β-amino-alcohol motifs (C(OH)–C–C–N with tert-alkyl or cyclic N) is 1. The van der Waals surface area contributed by atoms with Crippen molar-refractivity contribution in [3.05, 3.63) is 68.7 Å². The number of aliphatic hydroxyl groups is 1. The lowest BCUT2D eigenvalue weighted by atomic mass is 9.83. The van der Waals surface area contributed by atoms with Gasteiger partial charge in [0.05, 0.1) is 34.4 Å². The Bertz CT molecular complexity index is 1240. The molecule has 0 aliphatic carbocycles. The fourth-order valence-corrected chi connectivity index (χ4v) is 4.81. The van der Waals surface area contributed by atoms with E-state index in [9.17, 15) is 36.2 Å². The quantitative estimate of drug-likeness (QED) is 0.423. The predicted molar refractivity (Wildman–Crippen MR) is 123 cm³/mol. The second kappa shape index (κ2) is 9.36. The van der Waals surface area contributed by atoms with Crippen molar-refractivity contribution in [3.8, 4) is 0 Å². The zero-order chi connectivity index (χ0) is 27.4. The van der Waals surface area contributed by atoms with E-state index in [0.717, 1.165) is 0 Å². The minimum atomic E-state index is -5.16. The summed E-state index contributed by atoms with van der Waals surface area (Å²) in [4.78, 5) is 18.3. The summed E-state index contributed by atoms with van der Waals surface area (Å²) in [6, 6.07) is 6.79. The number of hydrogen-bond acceptors (Lipinski definition) is 4. The van der Waals surface area contributed by atoms with Gasteiger partial charge in [-0.25, -0.2) is 0 Å². The Morgan fingerprint density at radius 3 is 2.24 bits per heavy atom. The van der Waals surface area contributed by atoms with E-state index in [0.29, 0.717) is 24.5 Å². The van der Waals surface area contributed by atoms with Crippen molar-refractivity contribution in [1.29, 1.82) is 0 Å². The van der Waals surface area contributed by atoms with Crippen molar-refractivity contribution in [1.82, 2.24) is 4.90 Å². The summed E-state index contributed by atoms with van der Waals surface area (Å²) < 4.78 is 83.0. The van der Waals surface area contributed by atoms with Crippen molar-refractivity contribution in [2.24, 2.45) is 5.16 Å². The lowest BCUT2D eigenvalue weighted by molar-refractivity contribution is -0.276. The summed E-state index contributed by atoms with van der Waals surface area (Å²) >= 11 is 11.4. The number of amides is 1. The van der Waals surface area contributed by atoms with E-state index in [1.165, 1.54) is 29.2 Å². The molecule has 2 heterocycles. The van der Waals surface area contributed by atoms with E-state index in [1.807, 2.05) is 6.92 Å². The van der Waals surface area contributed by atoms with Crippen LogP contribution in [0.2, 0.25) is 10.0 Å². The Morgan fingerprint density at radius 1 is 1.08 bits per heavy atom. The van der Waals surface area contributed by atoms with Crippen LogP contribution in [0.15, 0.2) is 41.6 Å². The molecule has 5 nitrogen and oxygen atoms in total. The molecule has 1 saturated heterocycles. The van der Waals surface area contributed by atoms with Gasteiger partial charge in [0.15, 0.2) is 0 Å². The number of benzene rings is 2. The number of nitrogens with zero attached hydrogens (tertiary/aromatic N) is 2. The average Bonchev–Trinajstić information content (AvgIpc) is 3.25. The van der Waals surface area contributed by atoms with Crippen LogP contribution in [0, 0.1) is 0 Å². The zero-order valence-electron chi connectivity index (χ0n) is 19.2. The van der Waals surface area contributed by atoms with E-state index in [4.69, 9.17) is 28.0 Å². The normalized spacial score (nSPS) is 21.4. The van der Waals surface area contributed by atoms with E-state index >= 15 is 0 Å². The molecule has 1 unspecified atom stereocenters. The van der Waals surface area contributed by atoms with Gasteiger partial charge in [-0.2, -0.15) is 26.3 Å². The molecule has 13 heteroatoms. The summed E-state index contributed by atoms with van der Waals surface area (Å²) in [6.07, 6.45) is -10.1. The van der Waals surface area contributed by atoms with E-state index in [-0.39, 0.29) is 36.3 Å². The molecule has 0 saturated carbocycles. The Kier molecular flexibility index (Phi) is 6.96. The largest absolute Gasteiger partial charge is 0.435 e. The van der Waals surface area contributed by atoms with Crippen molar-refractivity contribution in [2.45, 2.75) is 49.7 Å². The molecule has 2 aliphatic rings. The molecule has 4 rings (SSSR count). The number of carbonyl (C=O) groups excluding carboxylic acids is 1. The van der Waals surface area contributed by atoms with E-state index in [1.54, 1.807) is 0 Å². The standard InChI is InChI=1S/C24H20Cl2F6N2O3/c1-2-3-19(35)34-11-21(36,12-34)14-6-4-13(5-7-14)18-10-22(37-33-18,24(30,31)32)15-8-16(23(27,28)29)20(26)17(25)9-15/h4-9,36H,2-3,10-12H2,1H3. The van der Waals surface area contributed by atoms with Crippen molar-refractivity contribution >= 4 is 34.8 Å². The number of rotatable bonds is 5. The fraction of sp³-hybridized carbons (Fsp3) is 0.417. The first kappa shape index (κ1) is 27.5. The molecule has 0 radical (unpaired) electrons. The fourth-order valence-electron chi connectivity index (χ4n) is 4.38. The number of alkyl halides is 6. The molecule has 2 aromatic rings. The maximum Gasteiger partial charge on any atom is 0.435 e. The third kappa shape index (κ3) is 4.88. The summed E-state index contributed by atoms with van der Waals surface area (Å²) in [7, 11) is 0. The second-order valence-electron chi connectivity index (χ2n) is 9.06. The van der Waals surface area contributed by atoms with Crippen LogP contribution in [0.25, 0.3) is 0 Å². The smallest absolute Gasteiger partial charge is 0.381 e. The monoisotopic (exact) mass is 568 g/mol. The molecule has 2 aromatic carbocycles. The molecular weight excluding hydrogens is 549 g/mol. The van der Waals surface area contributed by atoms with Crippen molar-refractivity contribution in [2.75, 3.05) is 13.1 Å². The average molecular weight is 569 g/mol. The molecular formula is C24H20Cl2F6N2O3.